The average Bonchev–Trinajstić information content (AvgIpc) is 3.34. The third-order valence-corrected chi connectivity index (χ3v) is 6.18. The van der Waals surface area contributed by atoms with Crippen molar-refractivity contribution in [3.8, 4) is 10.6 Å². The van der Waals surface area contributed by atoms with Crippen LogP contribution in [-0.2, 0) is 16.1 Å². The molecule has 2 saturated heterocycles. The number of piperazine rings is 1. The highest BCUT2D eigenvalue weighted by molar-refractivity contribution is 7.13. The first-order valence-corrected chi connectivity index (χ1v) is 10.3. The normalized spacial score (nSPS) is 21.3. The van der Waals surface area contributed by atoms with Crippen LogP contribution in [0.15, 0.2) is 29.6 Å². The van der Waals surface area contributed by atoms with Gasteiger partial charge in [-0.1, -0.05) is 29.8 Å². The standard InChI is InChI=1S/C19H22ClN3O2S/c20-16-5-2-1-4-15(16)18-21-14(13-26-18)12-22-7-9-23(10-8-22)19(24)17-6-3-11-25-17/h1-2,4-5,13,17H,3,6-12H2/t17-/m0/s1. The van der Waals surface area contributed by atoms with Crippen LogP contribution in [-0.4, -0.2) is 59.6 Å². The average molecular weight is 392 g/mol. The van der Waals surface area contributed by atoms with E-state index in [-0.39, 0.29) is 12.0 Å². The van der Waals surface area contributed by atoms with Crippen molar-refractivity contribution < 1.29 is 9.53 Å². The van der Waals surface area contributed by atoms with Gasteiger partial charge in [0.15, 0.2) is 0 Å². The molecule has 2 fully saturated rings. The minimum Gasteiger partial charge on any atom is -0.368 e. The Balaban J connectivity index is 1.32. The zero-order valence-electron chi connectivity index (χ0n) is 14.6. The second kappa shape index (κ2) is 8.05. The van der Waals surface area contributed by atoms with E-state index in [9.17, 15) is 4.79 Å². The third kappa shape index (κ3) is 3.93. The van der Waals surface area contributed by atoms with Crippen LogP contribution >= 0.6 is 22.9 Å². The van der Waals surface area contributed by atoms with Crippen LogP contribution in [0.3, 0.4) is 0 Å². The van der Waals surface area contributed by atoms with Gasteiger partial charge >= 0.3 is 0 Å². The third-order valence-electron chi connectivity index (χ3n) is 4.93. The molecule has 1 amide bonds. The Morgan fingerprint density at radius 3 is 2.81 bits per heavy atom. The number of rotatable bonds is 4. The van der Waals surface area contributed by atoms with Crippen LogP contribution in [0.25, 0.3) is 10.6 Å². The predicted molar refractivity (Wildman–Crippen MR) is 103 cm³/mol. The SMILES string of the molecule is O=C([C@@H]1CCCO1)N1CCN(Cc2csc(-c3ccccc3Cl)n2)CC1. The Labute approximate surface area is 162 Å². The van der Waals surface area contributed by atoms with Gasteiger partial charge in [-0.05, 0) is 18.9 Å². The number of hydrogen-bond acceptors (Lipinski definition) is 5. The fourth-order valence-corrected chi connectivity index (χ4v) is 4.60. The summed E-state index contributed by atoms with van der Waals surface area (Å²) in [6.07, 6.45) is 1.65. The van der Waals surface area contributed by atoms with E-state index in [2.05, 4.69) is 10.3 Å². The summed E-state index contributed by atoms with van der Waals surface area (Å²) in [6, 6.07) is 7.80. The number of nitrogens with zero attached hydrogens (tertiary/aromatic N) is 3. The summed E-state index contributed by atoms with van der Waals surface area (Å²) in [4.78, 5) is 21.5. The molecule has 0 radical (unpaired) electrons. The molecular weight excluding hydrogens is 370 g/mol. The first kappa shape index (κ1) is 17.9. The Bertz CT molecular complexity index is 768. The smallest absolute Gasteiger partial charge is 0.251 e. The van der Waals surface area contributed by atoms with Crippen molar-refractivity contribution in [2.75, 3.05) is 32.8 Å². The molecule has 2 aromatic rings. The summed E-state index contributed by atoms with van der Waals surface area (Å²) in [5, 5.41) is 3.79. The fourth-order valence-electron chi connectivity index (χ4n) is 3.47. The van der Waals surface area contributed by atoms with Gasteiger partial charge in [0, 0.05) is 50.3 Å². The van der Waals surface area contributed by atoms with E-state index in [1.54, 1.807) is 11.3 Å². The number of thiazole rings is 1. The van der Waals surface area contributed by atoms with E-state index in [1.807, 2.05) is 29.2 Å². The van der Waals surface area contributed by atoms with Crippen LogP contribution in [0.5, 0.6) is 0 Å². The van der Waals surface area contributed by atoms with Crippen molar-refractivity contribution in [2.24, 2.45) is 0 Å². The lowest BCUT2D eigenvalue weighted by Crippen LogP contribution is -2.51. The van der Waals surface area contributed by atoms with E-state index < -0.39 is 0 Å². The largest absolute Gasteiger partial charge is 0.368 e. The molecular formula is C19H22ClN3O2S. The van der Waals surface area contributed by atoms with Gasteiger partial charge in [0.1, 0.15) is 11.1 Å². The number of carbonyl (C=O) groups excluding carboxylic acids is 1. The summed E-state index contributed by atoms with van der Waals surface area (Å²) in [5.74, 6) is 0.164. The molecule has 1 aromatic carbocycles. The molecule has 138 valence electrons. The van der Waals surface area contributed by atoms with Gasteiger partial charge in [0.05, 0.1) is 10.7 Å². The van der Waals surface area contributed by atoms with Crippen LogP contribution in [0.1, 0.15) is 18.5 Å². The summed E-state index contributed by atoms with van der Waals surface area (Å²) in [6.45, 7) is 4.80. The first-order valence-electron chi connectivity index (χ1n) is 9.03. The maximum Gasteiger partial charge on any atom is 0.251 e. The van der Waals surface area contributed by atoms with Crippen molar-refractivity contribution in [1.29, 1.82) is 0 Å². The molecule has 4 rings (SSSR count). The summed E-state index contributed by atoms with van der Waals surface area (Å²) < 4.78 is 5.52. The number of halogens is 1. The highest BCUT2D eigenvalue weighted by Crippen LogP contribution is 2.30. The van der Waals surface area contributed by atoms with Crippen molar-refractivity contribution in [3.05, 3.63) is 40.4 Å². The second-order valence-corrected chi connectivity index (χ2v) is 7.99. The first-order chi connectivity index (χ1) is 12.7. The van der Waals surface area contributed by atoms with Gasteiger partial charge in [-0.3, -0.25) is 9.69 Å². The highest BCUT2D eigenvalue weighted by atomic mass is 35.5. The maximum atomic E-state index is 12.4. The van der Waals surface area contributed by atoms with E-state index in [4.69, 9.17) is 21.3 Å². The molecule has 0 aliphatic carbocycles. The van der Waals surface area contributed by atoms with Crippen LogP contribution in [0.4, 0.5) is 0 Å². The molecule has 1 atom stereocenters. The molecule has 26 heavy (non-hydrogen) atoms. The molecule has 0 N–H and O–H groups in total. The zero-order chi connectivity index (χ0) is 17.9. The lowest BCUT2D eigenvalue weighted by atomic mass is 10.2. The number of ether oxygens (including phenoxy) is 1. The zero-order valence-corrected chi connectivity index (χ0v) is 16.1. The summed E-state index contributed by atoms with van der Waals surface area (Å²) in [5.41, 5.74) is 2.04. The summed E-state index contributed by atoms with van der Waals surface area (Å²) >= 11 is 7.89. The lowest BCUT2D eigenvalue weighted by molar-refractivity contribution is -0.142. The molecule has 1 aromatic heterocycles. The van der Waals surface area contributed by atoms with E-state index in [1.165, 1.54) is 0 Å². The number of amides is 1. The molecule has 5 nitrogen and oxygen atoms in total. The Hall–Kier alpha value is -1.47. The van der Waals surface area contributed by atoms with Crippen LogP contribution in [0.2, 0.25) is 5.02 Å². The van der Waals surface area contributed by atoms with Gasteiger partial charge in [0.25, 0.3) is 5.91 Å². The van der Waals surface area contributed by atoms with Gasteiger partial charge in [0.2, 0.25) is 0 Å². The maximum absolute atomic E-state index is 12.4. The van der Waals surface area contributed by atoms with Gasteiger partial charge in [-0.15, -0.1) is 11.3 Å². The van der Waals surface area contributed by atoms with E-state index in [0.717, 1.165) is 66.9 Å². The predicted octanol–water partition coefficient (Wildman–Crippen LogP) is 3.29. The Morgan fingerprint density at radius 1 is 1.27 bits per heavy atom. The number of aromatic nitrogens is 1. The van der Waals surface area contributed by atoms with Gasteiger partial charge < -0.3 is 9.64 Å². The highest BCUT2D eigenvalue weighted by Gasteiger charge is 2.30. The van der Waals surface area contributed by atoms with Crippen molar-refractivity contribution >= 4 is 28.8 Å². The lowest BCUT2D eigenvalue weighted by Gasteiger charge is -2.35. The minimum absolute atomic E-state index is 0.164. The van der Waals surface area contributed by atoms with Crippen molar-refractivity contribution in [2.45, 2.75) is 25.5 Å². The molecule has 3 heterocycles. The monoisotopic (exact) mass is 391 g/mol. The second-order valence-electron chi connectivity index (χ2n) is 6.73. The minimum atomic E-state index is -0.210. The fraction of sp³-hybridized carbons (Fsp3) is 0.474. The molecule has 7 heteroatoms. The Kier molecular flexibility index (Phi) is 5.55. The van der Waals surface area contributed by atoms with E-state index >= 15 is 0 Å². The Morgan fingerprint density at radius 2 is 2.08 bits per heavy atom. The number of hydrogen-bond donors (Lipinski definition) is 0. The topological polar surface area (TPSA) is 45.7 Å². The van der Waals surface area contributed by atoms with Gasteiger partial charge in [-0.25, -0.2) is 4.98 Å². The summed E-state index contributed by atoms with van der Waals surface area (Å²) in [7, 11) is 0. The molecule has 2 aliphatic rings. The quantitative estimate of drug-likeness (QED) is 0.802. The van der Waals surface area contributed by atoms with E-state index in [0.29, 0.717) is 6.61 Å². The molecule has 0 spiro atoms. The van der Waals surface area contributed by atoms with Crippen LogP contribution in [0, 0.1) is 0 Å². The van der Waals surface area contributed by atoms with Crippen LogP contribution < -0.4 is 0 Å². The number of carbonyl (C=O) groups is 1. The molecule has 2 aliphatic heterocycles. The molecule has 0 unspecified atom stereocenters. The van der Waals surface area contributed by atoms with Crippen molar-refractivity contribution in [3.63, 3.8) is 0 Å². The number of benzene rings is 1. The molecule has 0 saturated carbocycles. The molecule has 0 bridgehead atoms. The van der Waals surface area contributed by atoms with Crippen molar-refractivity contribution in [1.82, 2.24) is 14.8 Å². The van der Waals surface area contributed by atoms with Gasteiger partial charge in [-0.2, -0.15) is 0 Å².